The van der Waals surface area contributed by atoms with E-state index in [0.717, 1.165) is 15.6 Å². The Hall–Kier alpha value is -0.620. The summed E-state index contributed by atoms with van der Waals surface area (Å²) in [6.07, 6.45) is 0.944. The van der Waals surface area contributed by atoms with Gasteiger partial charge in [-0.2, -0.15) is 0 Å². The van der Waals surface area contributed by atoms with Crippen LogP contribution in [0.5, 0.6) is 0 Å². The summed E-state index contributed by atoms with van der Waals surface area (Å²) >= 11 is 2.22. The maximum Gasteiger partial charge on any atom is 0.254 e. The summed E-state index contributed by atoms with van der Waals surface area (Å²) in [7, 11) is 1.66. The first-order valence-corrected chi connectivity index (χ1v) is 7.23. The lowest BCUT2D eigenvalue weighted by Crippen LogP contribution is -2.40. The molecule has 4 heteroatoms. The van der Waals surface area contributed by atoms with E-state index >= 15 is 0 Å². The van der Waals surface area contributed by atoms with Crippen LogP contribution in [0.25, 0.3) is 0 Å². The second-order valence-corrected chi connectivity index (χ2v) is 5.50. The third kappa shape index (κ3) is 4.24. The molecule has 0 spiro atoms. The van der Waals surface area contributed by atoms with Crippen LogP contribution in [0.1, 0.15) is 30.6 Å². The van der Waals surface area contributed by atoms with Crippen molar-refractivity contribution in [2.24, 2.45) is 0 Å². The van der Waals surface area contributed by atoms with Crippen molar-refractivity contribution in [3.8, 4) is 0 Å². The molecule has 1 atom stereocenters. The summed E-state index contributed by atoms with van der Waals surface area (Å²) in [5, 5.41) is 0. The highest BCUT2D eigenvalue weighted by Crippen LogP contribution is 2.13. The fourth-order valence-corrected chi connectivity index (χ4v) is 2.26. The van der Waals surface area contributed by atoms with E-state index in [-0.39, 0.29) is 11.9 Å². The zero-order valence-electron chi connectivity index (χ0n) is 11.1. The number of benzene rings is 1. The lowest BCUT2D eigenvalue weighted by atomic mass is 10.1. The largest absolute Gasteiger partial charge is 0.383 e. The van der Waals surface area contributed by atoms with Crippen LogP contribution in [0, 0.1) is 3.57 Å². The normalized spacial score (nSPS) is 12.2. The number of halogens is 1. The summed E-state index contributed by atoms with van der Waals surface area (Å²) in [6, 6.07) is 7.92. The van der Waals surface area contributed by atoms with Crippen LogP contribution in [-0.4, -0.2) is 37.1 Å². The molecule has 0 fully saturated rings. The number of hydrogen-bond donors (Lipinski definition) is 0. The van der Waals surface area contributed by atoms with Gasteiger partial charge >= 0.3 is 0 Å². The van der Waals surface area contributed by atoms with Crippen molar-refractivity contribution < 1.29 is 9.53 Å². The predicted molar refractivity (Wildman–Crippen MR) is 81.8 cm³/mol. The third-order valence-corrected chi connectivity index (χ3v) is 3.66. The number of carbonyl (C=O) groups excluding carboxylic acids is 1. The Morgan fingerprint density at radius 2 is 2.22 bits per heavy atom. The Morgan fingerprint density at radius 1 is 1.50 bits per heavy atom. The van der Waals surface area contributed by atoms with Gasteiger partial charge in [-0.1, -0.05) is 13.0 Å². The molecule has 1 rings (SSSR count). The molecule has 1 unspecified atom stereocenters. The van der Waals surface area contributed by atoms with Gasteiger partial charge in [0, 0.05) is 28.8 Å². The van der Waals surface area contributed by atoms with Gasteiger partial charge < -0.3 is 9.64 Å². The highest BCUT2D eigenvalue weighted by Gasteiger charge is 2.20. The molecule has 1 aromatic rings. The average molecular weight is 361 g/mol. The zero-order chi connectivity index (χ0) is 13.5. The Bertz CT molecular complexity index is 395. The molecule has 0 bridgehead atoms. The van der Waals surface area contributed by atoms with Gasteiger partial charge in [0.2, 0.25) is 0 Å². The van der Waals surface area contributed by atoms with Crippen LogP contribution in [0.15, 0.2) is 24.3 Å². The van der Waals surface area contributed by atoms with E-state index in [1.165, 1.54) is 0 Å². The highest BCUT2D eigenvalue weighted by molar-refractivity contribution is 14.1. The van der Waals surface area contributed by atoms with Crippen LogP contribution < -0.4 is 0 Å². The predicted octanol–water partition coefficient (Wildman–Crippen LogP) is 3.18. The first-order valence-electron chi connectivity index (χ1n) is 6.15. The lowest BCUT2D eigenvalue weighted by molar-refractivity contribution is 0.0614. The van der Waals surface area contributed by atoms with E-state index in [9.17, 15) is 4.79 Å². The fraction of sp³-hybridized carbons (Fsp3) is 0.500. The quantitative estimate of drug-likeness (QED) is 0.729. The molecule has 0 aliphatic heterocycles. The van der Waals surface area contributed by atoms with Crippen molar-refractivity contribution in [2.75, 3.05) is 20.3 Å². The standard InChI is InChI=1S/C14H20INO2/c1-4-11(2)16(8-9-18-3)14(17)12-6-5-7-13(15)10-12/h5-7,10-11H,4,8-9H2,1-3H3. The van der Waals surface area contributed by atoms with Gasteiger partial charge in [-0.3, -0.25) is 4.79 Å². The molecular weight excluding hydrogens is 341 g/mol. The second-order valence-electron chi connectivity index (χ2n) is 4.26. The van der Waals surface area contributed by atoms with Crippen molar-refractivity contribution >= 4 is 28.5 Å². The smallest absolute Gasteiger partial charge is 0.254 e. The molecule has 0 saturated heterocycles. The van der Waals surface area contributed by atoms with Crippen LogP contribution in [-0.2, 0) is 4.74 Å². The average Bonchev–Trinajstić information content (AvgIpc) is 2.38. The number of carbonyl (C=O) groups is 1. The minimum absolute atomic E-state index is 0.0833. The van der Waals surface area contributed by atoms with Gasteiger partial charge in [-0.05, 0) is 54.1 Å². The molecular formula is C14H20INO2. The second kappa shape index (κ2) is 7.74. The highest BCUT2D eigenvalue weighted by atomic mass is 127. The van der Waals surface area contributed by atoms with E-state index in [1.807, 2.05) is 29.2 Å². The first kappa shape index (κ1) is 15.4. The van der Waals surface area contributed by atoms with Crippen molar-refractivity contribution in [2.45, 2.75) is 26.3 Å². The minimum Gasteiger partial charge on any atom is -0.383 e. The van der Waals surface area contributed by atoms with Crippen LogP contribution in [0.3, 0.4) is 0 Å². The molecule has 0 saturated carbocycles. The van der Waals surface area contributed by atoms with Crippen molar-refractivity contribution in [1.29, 1.82) is 0 Å². The SMILES string of the molecule is CCC(C)N(CCOC)C(=O)c1cccc(I)c1. The first-order chi connectivity index (χ1) is 8.60. The van der Waals surface area contributed by atoms with Gasteiger partial charge in [0.1, 0.15) is 0 Å². The van der Waals surface area contributed by atoms with Crippen LogP contribution >= 0.6 is 22.6 Å². The van der Waals surface area contributed by atoms with Crippen LogP contribution in [0.2, 0.25) is 0 Å². The molecule has 1 aromatic carbocycles. The molecule has 1 amide bonds. The Kier molecular flexibility index (Phi) is 6.63. The number of methoxy groups -OCH3 is 1. The number of nitrogens with zero attached hydrogens (tertiary/aromatic N) is 1. The molecule has 0 radical (unpaired) electrons. The summed E-state index contributed by atoms with van der Waals surface area (Å²) < 4.78 is 6.16. The summed E-state index contributed by atoms with van der Waals surface area (Å²) in [5.74, 6) is 0.0833. The van der Waals surface area contributed by atoms with Gasteiger partial charge in [0.15, 0.2) is 0 Å². The number of hydrogen-bond acceptors (Lipinski definition) is 2. The molecule has 18 heavy (non-hydrogen) atoms. The fourth-order valence-electron chi connectivity index (χ4n) is 1.72. The van der Waals surface area contributed by atoms with E-state index in [1.54, 1.807) is 7.11 Å². The lowest BCUT2D eigenvalue weighted by Gasteiger charge is -2.28. The molecule has 3 nitrogen and oxygen atoms in total. The van der Waals surface area contributed by atoms with Crippen molar-refractivity contribution in [3.63, 3.8) is 0 Å². The van der Waals surface area contributed by atoms with Gasteiger partial charge in [-0.25, -0.2) is 0 Å². The Morgan fingerprint density at radius 3 is 2.78 bits per heavy atom. The van der Waals surface area contributed by atoms with E-state index in [4.69, 9.17) is 4.74 Å². The van der Waals surface area contributed by atoms with Gasteiger partial charge in [0.05, 0.1) is 6.61 Å². The zero-order valence-corrected chi connectivity index (χ0v) is 13.3. The minimum atomic E-state index is 0.0833. The number of amides is 1. The monoisotopic (exact) mass is 361 g/mol. The maximum absolute atomic E-state index is 12.5. The molecule has 0 aromatic heterocycles. The third-order valence-electron chi connectivity index (χ3n) is 2.99. The van der Waals surface area contributed by atoms with Crippen molar-refractivity contribution in [3.05, 3.63) is 33.4 Å². The van der Waals surface area contributed by atoms with Crippen molar-refractivity contribution in [1.82, 2.24) is 4.90 Å². The molecule has 0 aliphatic carbocycles. The van der Waals surface area contributed by atoms with E-state index in [0.29, 0.717) is 13.2 Å². The summed E-state index contributed by atoms with van der Waals surface area (Å²) in [4.78, 5) is 14.4. The molecule has 0 N–H and O–H groups in total. The Labute approximate surface area is 123 Å². The topological polar surface area (TPSA) is 29.5 Å². The molecule has 0 aliphatic rings. The Balaban J connectivity index is 2.87. The molecule has 0 heterocycles. The van der Waals surface area contributed by atoms with E-state index in [2.05, 4.69) is 36.4 Å². The molecule has 100 valence electrons. The van der Waals surface area contributed by atoms with Crippen LogP contribution in [0.4, 0.5) is 0 Å². The maximum atomic E-state index is 12.5. The summed E-state index contributed by atoms with van der Waals surface area (Å²) in [5.41, 5.74) is 0.748. The number of rotatable bonds is 6. The summed E-state index contributed by atoms with van der Waals surface area (Å²) in [6.45, 7) is 5.36. The number of ether oxygens (including phenoxy) is 1. The van der Waals surface area contributed by atoms with Gasteiger partial charge in [-0.15, -0.1) is 0 Å². The van der Waals surface area contributed by atoms with E-state index < -0.39 is 0 Å². The van der Waals surface area contributed by atoms with Gasteiger partial charge in [0.25, 0.3) is 5.91 Å².